The Hall–Kier alpha value is -1.75. The molecule has 1 N–H and O–H groups in total. The molecule has 3 aliphatic heterocycles. The molecule has 0 aliphatic carbocycles. The van der Waals surface area contributed by atoms with Crippen molar-refractivity contribution in [1.82, 2.24) is 15.3 Å². The second kappa shape index (κ2) is 4.66. The second-order valence-electron chi connectivity index (χ2n) is 5.69. The first-order chi connectivity index (χ1) is 9.79. The van der Waals surface area contributed by atoms with Crippen molar-refractivity contribution >= 4 is 16.9 Å². The fourth-order valence-electron chi connectivity index (χ4n) is 3.29. The minimum atomic E-state index is -0.244. The molecule has 0 amide bonds. The van der Waals surface area contributed by atoms with E-state index in [1.54, 1.807) is 12.3 Å². The number of halogens is 1. The van der Waals surface area contributed by atoms with Crippen molar-refractivity contribution in [3.63, 3.8) is 0 Å². The van der Waals surface area contributed by atoms with E-state index in [2.05, 4.69) is 20.2 Å². The Morgan fingerprint density at radius 3 is 3.05 bits per heavy atom. The van der Waals surface area contributed by atoms with Crippen LogP contribution in [0.4, 0.5) is 10.3 Å². The van der Waals surface area contributed by atoms with Gasteiger partial charge in [-0.25, -0.2) is 14.4 Å². The first kappa shape index (κ1) is 12.0. The van der Waals surface area contributed by atoms with Crippen LogP contribution in [0, 0.1) is 5.82 Å². The molecule has 0 saturated carbocycles. The molecule has 1 aromatic heterocycles. The SMILES string of the molecule is Fc1ccc2nc(N3CC[C@@H]4CC[C@@H]3CN4)ncc2c1. The molecule has 2 atom stereocenters. The van der Waals surface area contributed by atoms with E-state index >= 15 is 0 Å². The smallest absolute Gasteiger partial charge is 0.226 e. The number of nitrogens with zero attached hydrogens (tertiary/aromatic N) is 3. The summed E-state index contributed by atoms with van der Waals surface area (Å²) in [5.41, 5.74) is 0.808. The van der Waals surface area contributed by atoms with Crippen molar-refractivity contribution in [3.05, 3.63) is 30.2 Å². The summed E-state index contributed by atoms with van der Waals surface area (Å²) in [6.07, 6.45) is 5.30. The molecule has 3 aliphatic rings. The normalized spacial score (nSPS) is 25.9. The lowest BCUT2D eigenvalue weighted by Gasteiger charge is -2.31. The third kappa shape index (κ3) is 2.02. The van der Waals surface area contributed by atoms with Crippen LogP contribution in [0.25, 0.3) is 10.9 Å². The molecule has 0 spiro atoms. The monoisotopic (exact) mass is 272 g/mol. The fourth-order valence-corrected chi connectivity index (χ4v) is 3.29. The molecular weight excluding hydrogens is 255 g/mol. The zero-order chi connectivity index (χ0) is 13.5. The molecule has 4 nitrogen and oxygen atoms in total. The lowest BCUT2D eigenvalue weighted by atomic mass is 10.0. The quantitative estimate of drug-likeness (QED) is 0.863. The molecule has 0 radical (unpaired) electrons. The molecular formula is C15H17FN4. The Kier molecular flexibility index (Phi) is 2.80. The van der Waals surface area contributed by atoms with Crippen LogP contribution < -0.4 is 10.2 Å². The third-order valence-electron chi connectivity index (χ3n) is 4.44. The first-order valence-electron chi connectivity index (χ1n) is 7.22. The second-order valence-corrected chi connectivity index (χ2v) is 5.69. The summed E-state index contributed by atoms with van der Waals surface area (Å²) in [7, 11) is 0. The fraction of sp³-hybridized carbons (Fsp3) is 0.467. The molecule has 2 bridgehead atoms. The maximum absolute atomic E-state index is 13.2. The lowest BCUT2D eigenvalue weighted by Crippen LogP contribution is -2.45. The van der Waals surface area contributed by atoms with Crippen molar-refractivity contribution in [2.45, 2.75) is 31.3 Å². The minimum absolute atomic E-state index is 0.244. The van der Waals surface area contributed by atoms with E-state index in [-0.39, 0.29) is 5.82 Å². The zero-order valence-electron chi connectivity index (χ0n) is 11.2. The van der Waals surface area contributed by atoms with E-state index in [9.17, 15) is 4.39 Å². The van der Waals surface area contributed by atoms with Gasteiger partial charge < -0.3 is 10.2 Å². The van der Waals surface area contributed by atoms with E-state index in [0.29, 0.717) is 12.1 Å². The summed E-state index contributed by atoms with van der Waals surface area (Å²) in [5.74, 6) is 0.532. The topological polar surface area (TPSA) is 41.1 Å². The van der Waals surface area contributed by atoms with Crippen molar-refractivity contribution < 1.29 is 4.39 Å². The molecule has 1 aromatic carbocycles. The van der Waals surface area contributed by atoms with Gasteiger partial charge in [0.25, 0.3) is 0 Å². The van der Waals surface area contributed by atoms with Crippen molar-refractivity contribution in [2.75, 3.05) is 18.0 Å². The van der Waals surface area contributed by atoms with Gasteiger partial charge in [-0.15, -0.1) is 0 Å². The van der Waals surface area contributed by atoms with Crippen molar-refractivity contribution in [2.24, 2.45) is 0 Å². The number of benzene rings is 1. The summed E-state index contributed by atoms with van der Waals surface area (Å²) < 4.78 is 13.2. The lowest BCUT2D eigenvalue weighted by molar-refractivity contribution is 0.391. The first-order valence-corrected chi connectivity index (χ1v) is 7.22. The van der Waals surface area contributed by atoms with Gasteiger partial charge in [0.15, 0.2) is 0 Å². The van der Waals surface area contributed by atoms with E-state index in [4.69, 9.17) is 0 Å². The summed E-state index contributed by atoms with van der Waals surface area (Å²) in [5, 5.41) is 4.33. The predicted molar refractivity (Wildman–Crippen MR) is 76.3 cm³/mol. The highest BCUT2D eigenvalue weighted by Gasteiger charge is 2.31. The van der Waals surface area contributed by atoms with E-state index in [1.807, 2.05) is 0 Å². The Balaban J connectivity index is 1.72. The Morgan fingerprint density at radius 2 is 2.20 bits per heavy atom. The summed E-state index contributed by atoms with van der Waals surface area (Å²) >= 11 is 0. The Labute approximate surface area is 117 Å². The number of piperidine rings is 1. The van der Waals surface area contributed by atoms with Crippen molar-refractivity contribution in [3.8, 4) is 0 Å². The van der Waals surface area contributed by atoms with Gasteiger partial charge in [-0.2, -0.15) is 0 Å². The molecule has 104 valence electrons. The van der Waals surface area contributed by atoms with Crippen LogP contribution in [-0.2, 0) is 0 Å². The van der Waals surface area contributed by atoms with Gasteiger partial charge in [-0.3, -0.25) is 0 Å². The van der Waals surface area contributed by atoms with Gasteiger partial charge >= 0.3 is 0 Å². The van der Waals surface area contributed by atoms with E-state index < -0.39 is 0 Å². The highest BCUT2D eigenvalue weighted by molar-refractivity contribution is 5.78. The molecule has 4 heterocycles. The number of nitrogens with one attached hydrogen (secondary N) is 1. The van der Waals surface area contributed by atoms with Gasteiger partial charge in [-0.1, -0.05) is 0 Å². The van der Waals surface area contributed by atoms with E-state index in [1.165, 1.54) is 25.0 Å². The van der Waals surface area contributed by atoms with Crippen molar-refractivity contribution in [1.29, 1.82) is 0 Å². The number of fused-ring (bicyclic) bond motifs is 5. The largest absolute Gasteiger partial charge is 0.336 e. The molecule has 3 saturated heterocycles. The predicted octanol–water partition coefficient (Wildman–Crippen LogP) is 2.10. The number of anilines is 1. The van der Waals surface area contributed by atoms with Crippen LogP contribution >= 0.6 is 0 Å². The summed E-state index contributed by atoms with van der Waals surface area (Å²) in [6.45, 7) is 2.00. The van der Waals surface area contributed by atoms with Gasteiger partial charge in [-0.05, 0) is 37.5 Å². The molecule has 0 unspecified atom stereocenters. The zero-order valence-corrected chi connectivity index (χ0v) is 11.2. The number of aromatic nitrogens is 2. The van der Waals surface area contributed by atoms with Gasteiger partial charge in [0.05, 0.1) is 5.52 Å². The van der Waals surface area contributed by atoms with Crippen LogP contribution in [0.3, 0.4) is 0 Å². The highest BCUT2D eigenvalue weighted by atomic mass is 19.1. The third-order valence-corrected chi connectivity index (χ3v) is 4.44. The number of hydrogen-bond acceptors (Lipinski definition) is 4. The molecule has 5 heteroatoms. The average molecular weight is 272 g/mol. The summed E-state index contributed by atoms with van der Waals surface area (Å²) in [4.78, 5) is 11.4. The Bertz CT molecular complexity index is 637. The Morgan fingerprint density at radius 1 is 1.25 bits per heavy atom. The molecule has 2 aromatic rings. The standard InChI is InChI=1S/C15H17FN4/c16-11-1-4-14-10(7-11)8-18-15(19-14)20-6-5-12-2-3-13(20)9-17-12/h1,4,7-8,12-13,17H,2-3,5-6,9H2/t12-,13+/m0/s1. The van der Waals surface area contributed by atoms with Gasteiger partial charge in [0, 0.05) is 36.8 Å². The average Bonchev–Trinajstić information content (AvgIpc) is 2.80. The van der Waals surface area contributed by atoms with Crippen LogP contribution in [0.5, 0.6) is 0 Å². The minimum Gasteiger partial charge on any atom is -0.336 e. The molecule has 5 rings (SSSR count). The van der Waals surface area contributed by atoms with Gasteiger partial charge in [0.1, 0.15) is 5.82 Å². The maximum Gasteiger partial charge on any atom is 0.226 e. The summed E-state index contributed by atoms with van der Waals surface area (Å²) in [6, 6.07) is 5.78. The molecule has 20 heavy (non-hydrogen) atoms. The number of hydrogen-bond donors (Lipinski definition) is 1. The number of rotatable bonds is 1. The van der Waals surface area contributed by atoms with E-state index in [0.717, 1.165) is 36.4 Å². The van der Waals surface area contributed by atoms with Crippen LogP contribution in [-0.4, -0.2) is 35.1 Å². The van der Waals surface area contributed by atoms with Crippen LogP contribution in [0.1, 0.15) is 19.3 Å². The maximum atomic E-state index is 13.2. The van der Waals surface area contributed by atoms with Crippen LogP contribution in [0.15, 0.2) is 24.4 Å². The van der Waals surface area contributed by atoms with Crippen LogP contribution in [0.2, 0.25) is 0 Å². The highest BCUT2D eigenvalue weighted by Crippen LogP contribution is 2.26. The molecule has 3 fully saturated rings. The van der Waals surface area contributed by atoms with Gasteiger partial charge in [0.2, 0.25) is 5.95 Å².